The summed E-state index contributed by atoms with van der Waals surface area (Å²) in [7, 11) is 0. The molecule has 108 valence electrons. The lowest BCUT2D eigenvalue weighted by Crippen LogP contribution is -2.52. The van der Waals surface area contributed by atoms with Gasteiger partial charge in [0.05, 0.1) is 6.20 Å². The number of oxazole rings is 1. The van der Waals surface area contributed by atoms with Crippen LogP contribution in [0.25, 0.3) is 0 Å². The molecule has 0 saturated carbocycles. The van der Waals surface area contributed by atoms with Crippen LogP contribution in [0.5, 0.6) is 0 Å². The smallest absolute Gasteiger partial charge is 0.323 e. The van der Waals surface area contributed by atoms with Gasteiger partial charge >= 0.3 is 5.97 Å². The third-order valence-electron chi connectivity index (χ3n) is 3.11. The molecule has 6 heteroatoms. The summed E-state index contributed by atoms with van der Waals surface area (Å²) in [6, 6.07) is 0. The average molecular weight is 286 g/mol. The first-order chi connectivity index (χ1) is 9.14. The minimum Gasteiger partial charge on any atom is -0.480 e. The molecule has 0 saturated heterocycles. The predicted molar refractivity (Wildman–Crippen MR) is 75.4 cm³/mol. The van der Waals surface area contributed by atoms with Crippen molar-refractivity contribution in [2.24, 2.45) is 0 Å². The highest BCUT2D eigenvalue weighted by molar-refractivity contribution is 7.99. The van der Waals surface area contributed by atoms with Gasteiger partial charge in [0.2, 0.25) is 0 Å². The second-order valence-electron chi connectivity index (χ2n) is 4.42. The number of rotatable bonds is 10. The minimum absolute atomic E-state index is 0.589. The highest BCUT2D eigenvalue weighted by atomic mass is 32.2. The van der Waals surface area contributed by atoms with Gasteiger partial charge in [-0.2, -0.15) is 0 Å². The van der Waals surface area contributed by atoms with Crippen molar-refractivity contribution in [1.29, 1.82) is 0 Å². The Kier molecular flexibility index (Phi) is 6.94. The van der Waals surface area contributed by atoms with Crippen molar-refractivity contribution in [2.45, 2.75) is 50.3 Å². The Bertz CT molecular complexity index is 370. The van der Waals surface area contributed by atoms with Gasteiger partial charge in [0, 0.05) is 5.75 Å². The zero-order valence-electron chi connectivity index (χ0n) is 11.5. The highest BCUT2D eigenvalue weighted by Crippen LogP contribution is 2.22. The molecule has 5 nitrogen and oxygen atoms in total. The van der Waals surface area contributed by atoms with Crippen molar-refractivity contribution in [2.75, 3.05) is 12.3 Å². The van der Waals surface area contributed by atoms with E-state index in [2.05, 4.69) is 10.3 Å². The molecule has 0 fully saturated rings. The van der Waals surface area contributed by atoms with Crippen LogP contribution in [0, 0.1) is 0 Å². The summed E-state index contributed by atoms with van der Waals surface area (Å²) in [6.45, 7) is 4.68. The minimum atomic E-state index is -0.798. The van der Waals surface area contributed by atoms with Crippen LogP contribution in [0.2, 0.25) is 0 Å². The number of thioether (sulfide) groups is 1. The Morgan fingerprint density at radius 3 is 2.89 bits per heavy atom. The maximum Gasteiger partial charge on any atom is 0.323 e. The van der Waals surface area contributed by atoms with Crippen LogP contribution in [-0.4, -0.2) is 33.9 Å². The molecule has 0 aliphatic carbocycles. The first-order valence-corrected chi connectivity index (χ1v) is 7.64. The van der Waals surface area contributed by atoms with E-state index in [9.17, 15) is 9.90 Å². The Morgan fingerprint density at radius 1 is 1.58 bits per heavy atom. The first-order valence-electron chi connectivity index (χ1n) is 6.65. The number of aromatic nitrogens is 1. The van der Waals surface area contributed by atoms with Crippen molar-refractivity contribution < 1.29 is 14.3 Å². The van der Waals surface area contributed by atoms with E-state index in [-0.39, 0.29) is 0 Å². The van der Waals surface area contributed by atoms with E-state index >= 15 is 0 Å². The average Bonchev–Trinajstić information content (AvgIpc) is 2.91. The van der Waals surface area contributed by atoms with Crippen molar-refractivity contribution in [1.82, 2.24) is 10.3 Å². The van der Waals surface area contributed by atoms with E-state index in [1.165, 1.54) is 11.8 Å². The molecule has 19 heavy (non-hydrogen) atoms. The number of carbonyl (C=O) groups is 1. The molecule has 2 N–H and O–H groups in total. The van der Waals surface area contributed by atoms with Gasteiger partial charge in [0.25, 0.3) is 5.22 Å². The quantitative estimate of drug-likeness (QED) is 0.509. The number of carboxylic acid groups (broad SMARTS) is 1. The lowest BCUT2D eigenvalue weighted by molar-refractivity contribution is -0.145. The van der Waals surface area contributed by atoms with E-state index in [1.807, 2.05) is 13.8 Å². The molecule has 1 aromatic rings. The van der Waals surface area contributed by atoms with Gasteiger partial charge < -0.3 is 14.8 Å². The molecule has 1 rings (SSSR count). The van der Waals surface area contributed by atoms with Gasteiger partial charge in [-0.3, -0.25) is 4.79 Å². The number of carboxylic acids is 1. The number of hydrogen-bond donors (Lipinski definition) is 2. The molecule has 1 aromatic heterocycles. The fourth-order valence-electron chi connectivity index (χ4n) is 1.90. The third-order valence-corrected chi connectivity index (χ3v) is 4.05. The fourth-order valence-corrected chi connectivity index (χ4v) is 2.63. The summed E-state index contributed by atoms with van der Waals surface area (Å²) in [5, 5.41) is 13.2. The second kappa shape index (κ2) is 8.22. The van der Waals surface area contributed by atoms with Crippen molar-refractivity contribution in [3.05, 3.63) is 12.5 Å². The zero-order valence-corrected chi connectivity index (χ0v) is 12.3. The van der Waals surface area contributed by atoms with Crippen LogP contribution < -0.4 is 5.32 Å². The molecule has 0 amide bonds. The van der Waals surface area contributed by atoms with Crippen molar-refractivity contribution in [3.63, 3.8) is 0 Å². The molecule has 0 bridgehead atoms. The van der Waals surface area contributed by atoms with Crippen LogP contribution in [0.3, 0.4) is 0 Å². The van der Waals surface area contributed by atoms with Gasteiger partial charge in [-0.15, -0.1) is 0 Å². The summed E-state index contributed by atoms with van der Waals surface area (Å²) >= 11 is 1.52. The van der Waals surface area contributed by atoms with Crippen molar-refractivity contribution >= 4 is 17.7 Å². The van der Waals surface area contributed by atoms with E-state index in [1.54, 1.807) is 12.5 Å². The molecule has 0 radical (unpaired) electrons. The summed E-state index contributed by atoms with van der Waals surface area (Å²) in [5.41, 5.74) is -0.798. The van der Waals surface area contributed by atoms with E-state index in [0.29, 0.717) is 18.1 Å². The van der Waals surface area contributed by atoms with Crippen molar-refractivity contribution in [3.8, 4) is 0 Å². The second-order valence-corrected chi connectivity index (χ2v) is 5.46. The Labute approximate surface area is 118 Å². The molecule has 1 atom stereocenters. The van der Waals surface area contributed by atoms with Gasteiger partial charge in [-0.05, 0) is 32.2 Å². The van der Waals surface area contributed by atoms with Gasteiger partial charge in [0.15, 0.2) is 0 Å². The summed E-state index contributed by atoms with van der Waals surface area (Å²) in [5.74, 6) is 0.0492. The normalized spacial score (nSPS) is 14.2. The van der Waals surface area contributed by atoms with E-state index in [0.717, 1.165) is 25.1 Å². The summed E-state index contributed by atoms with van der Waals surface area (Å²) in [4.78, 5) is 15.5. The number of hydrogen-bond acceptors (Lipinski definition) is 5. The number of nitrogens with zero attached hydrogens (tertiary/aromatic N) is 1. The molecule has 0 aliphatic heterocycles. The van der Waals surface area contributed by atoms with Crippen LogP contribution in [0.4, 0.5) is 0 Å². The fraction of sp³-hybridized carbons (Fsp3) is 0.692. The first kappa shape index (κ1) is 16.0. The lowest BCUT2D eigenvalue weighted by atomic mass is 9.90. The van der Waals surface area contributed by atoms with Crippen LogP contribution in [-0.2, 0) is 4.79 Å². The largest absolute Gasteiger partial charge is 0.480 e. The molecular weight excluding hydrogens is 264 g/mol. The molecule has 1 unspecified atom stereocenters. The van der Waals surface area contributed by atoms with Gasteiger partial charge in [-0.1, -0.05) is 25.6 Å². The summed E-state index contributed by atoms with van der Waals surface area (Å²) in [6.07, 6.45) is 6.10. The Morgan fingerprint density at radius 2 is 2.37 bits per heavy atom. The molecule has 1 heterocycles. The highest BCUT2D eigenvalue weighted by Gasteiger charge is 2.35. The standard InChI is InChI=1S/C13H22N2O3S/c1-3-7-15-13(4-2,11(16)17)6-5-10-19-12-14-8-9-18-12/h8-9,15H,3-7,10H2,1-2H3,(H,16,17). The maximum atomic E-state index is 11.5. The molecule has 0 aliphatic rings. The topological polar surface area (TPSA) is 75.4 Å². The molecule has 0 aromatic carbocycles. The molecular formula is C13H22N2O3S. The van der Waals surface area contributed by atoms with Crippen LogP contribution in [0.15, 0.2) is 22.1 Å². The number of aliphatic carboxylic acids is 1. The zero-order chi connectivity index (χ0) is 14.1. The number of nitrogens with one attached hydrogen (secondary N) is 1. The van der Waals surface area contributed by atoms with Crippen LogP contribution in [0.1, 0.15) is 39.5 Å². The van der Waals surface area contributed by atoms with E-state index < -0.39 is 11.5 Å². The molecule has 0 spiro atoms. The van der Waals surface area contributed by atoms with Gasteiger partial charge in [-0.25, -0.2) is 4.98 Å². The lowest BCUT2D eigenvalue weighted by Gasteiger charge is -2.29. The predicted octanol–water partition coefficient (Wildman–Crippen LogP) is 2.78. The Balaban J connectivity index is 2.41. The van der Waals surface area contributed by atoms with Crippen LogP contribution >= 0.6 is 11.8 Å². The maximum absolute atomic E-state index is 11.5. The SMILES string of the molecule is CCCNC(CC)(CCCSc1ncco1)C(=O)O. The third kappa shape index (κ3) is 4.87. The van der Waals surface area contributed by atoms with E-state index in [4.69, 9.17) is 4.42 Å². The van der Waals surface area contributed by atoms with Gasteiger partial charge in [0.1, 0.15) is 11.8 Å². The summed E-state index contributed by atoms with van der Waals surface area (Å²) < 4.78 is 5.12. The monoisotopic (exact) mass is 286 g/mol. The Hall–Kier alpha value is -1.01.